The maximum Gasteiger partial charge on any atom is 0.152 e. The predicted molar refractivity (Wildman–Crippen MR) is 143 cm³/mol. The fourth-order valence-corrected chi connectivity index (χ4v) is 4.64. The summed E-state index contributed by atoms with van der Waals surface area (Å²) < 4.78 is 15.7. The van der Waals surface area contributed by atoms with Crippen molar-refractivity contribution in [2.75, 3.05) is 18.0 Å². The van der Waals surface area contributed by atoms with Crippen molar-refractivity contribution < 1.29 is 4.39 Å². The van der Waals surface area contributed by atoms with Crippen LogP contribution in [-0.4, -0.2) is 18.1 Å². The zero-order chi connectivity index (χ0) is 24.6. The van der Waals surface area contributed by atoms with Crippen LogP contribution < -0.4 is 4.90 Å². The van der Waals surface area contributed by atoms with Gasteiger partial charge in [0.05, 0.1) is 32.3 Å². The zero-order valence-electron chi connectivity index (χ0n) is 20.3. The topological polar surface area (TPSA) is 65.6 Å². The van der Waals surface area contributed by atoms with Gasteiger partial charge in [0.25, 0.3) is 0 Å². The van der Waals surface area contributed by atoms with Crippen LogP contribution in [0.3, 0.4) is 0 Å². The first-order chi connectivity index (χ1) is 17.1. The Morgan fingerprint density at radius 2 is 1.46 bits per heavy atom. The Kier molecular flexibility index (Phi) is 8.26. The van der Waals surface area contributed by atoms with Crippen LogP contribution in [0, 0.1) is 5.82 Å². The quantitative estimate of drug-likeness (QED) is 0.209. The number of azo groups is 2. The number of aromatic nitrogens is 1. The highest BCUT2D eigenvalue weighted by atomic mass is 32.1. The Bertz CT molecular complexity index is 1330. The van der Waals surface area contributed by atoms with Crippen molar-refractivity contribution in [3.8, 4) is 0 Å². The number of benzene rings is 3. The van der Waals surface area contributed by atoms with Gasteiger partial charge in [0.2, 0.25) is 0 Å². The Hall–Kier alpha value is -3.52. The molecule has 0 fully saturated rings. The lowest BCUT2D eigenvalue weighted by Gasteiger charge is -2.20. The summed E-state index contributed by atoms with van der Waals surface area (Å²) in [6.07, 6.45) is 3.26. The fourth-order valence-electron chi connectivity index (χ4n) is 3.65. The third-order valence-corrected chi connectivity index (χ3v) is 6.72. The maximum absolute atomic E-state index is 14.6. The second kappa shape index (κ2) is 11.8. The zero-order valence-corrected chi connectivity index (χ0v) is 21.1. The highest BCUT2D eigenvalue weighted by molar-refractivity contribution is 7.18. The molecule has 0 unspecified atom stereocenters. The first kappa shape index (κ1) is 24.6. The normalized spacial score (nSPS) is 11.8. The average Bonchev–Trinajstić information content (AvgIpc) is 3.29. The monoisotopic (exact) mass is 488 g/mol. The van der Waals surface area contributed by atoms with E-state index in [0.29, 0.717) is 17.1 Å². The van der Waals surface area contributed by atoms with Gasteiger partial charge in [0.15, 0.2) is 5.82 Å². The summed E-state index contributed by atoms with van der Waals surface area (Å²) in [6, 6.07) is 18.1. The van der Waals surface area contributed by atoms with Gasteiger partial charge < -0.3 is 4.90 Å². The molecular weight excluding hydrogens is 459 g/mol. The Balaban J connectivity index is 1.43. The molecule has 1 heterocycles. The van der Waals surface area contributed by atoms with Crippen molar-refractivity contribution in [3.05, 3.63) is 71.5 Å². The van der Waals surface area contributed by atoms with E-state index in [1.165, 1.54) is 6.07 Å². The molecule has 3 aromatic carbocycles. The van der Waals surface area contributed by atoms with E-state index in [9.17, 15) is 4.39 Å². The van der Waals surface area contributed by atoms with Crippen molar-refractivity contribution in [2.24, 2.45) is 20.5 Å². The number of nitrogens with zero attached hydrogens (tertiary/aromatic N) is 6. The summed E-state index contributed by atoms with van der Waals surface area (Å²) in [5.41, 5.74) is 3.95. The van der Waals surface area contributed by atoms with Gasteiger partial charge in [-0.3, -0.25) is 0 Å². The molecule has 1 aromatic heterocycles. The summed E-state index contributed by atoms with van der Waals surface area (Å²) in [5, 5.41) is 17.8. The molecule has 0 saturated carbocycles. The van der Waals surface area contributed by atoms with Gasteiger partial charge in [0, 0.05) is 24.8 Å². The number of fused-ring (bicyclic) bond motifs is 1. The summed E-state index contributed by atoms with van der Waals surface area (Å²) >= 11 is 1.71. The van der Waals surface area contributed by atoms with E-state index in [1.807, 2.05) is 42.5 Å². The molecule has 0 bridgehead atoms. The van der Waals surface area contributed by atoms with E-state index in [4.69, 9.17) is 0 Å². The minimum absolute atomic E-state index is 0.148. The second-order valence-electron chi connectivity index (χ2n) is 8.09. The smallest absolute Gasteiger partial charge is 0.152 e. The van der Waals surface area contributed by atoms with E-state index >= 15 is 0 Å². The standard InChI is InChI=1S/C27H29FN6S/c1-4-7-8-27-29-25-18-21(12-16-26(25)35-27)32-33-24-15-11-20(17-23(24)28)31-30-19-9-13-22(14-10-19)34(5-2)6-3/h9-18H,4-8H2,1-3H3. The molecule has 180 valence electrons. The van der Waals surface area contributed by atoms with E-state index in [0.717, 1.165) is 53.3 Å². The van der Waals surface area contributed by atoms with Gasteiger partial charge in [-0.05, 0) is 81.3 Å². The van der Waals surface area contributed by atoms with E-state index < -0.39 is 5.82 Å². The van der Waals surface area contributed by atoms with Crippen LogP contribution in [0.25, 0.3) is 10.2 Å². The van der Waals surface area contributed by atoms with Crippen molar-refractivity contribution in [2.45, 2.75) is 40.0 Å². The number of thiazole rings is 1. The summed E-state index contributed by atoms with van der Waals surface area (Å²) in [4.78, 5) is 6.93. The lowest BCUT2D eigenvalue weighted by Crippen LogP contribution is -2.21. The molecule has 8 heteroatoms. The van der Waals surface area contributed by atoms with Crippen LogP contribution in [-0.2, 0) is 6.42 Å². The molecule has 0 radical (unpaired) electrons. The summed E-state index contributed by atoms with van der Waals surface area (Å²) in [6.45, 7) is 8.31. The number of anilines is 1. The SMILES string of the molecule is CCCCc1nc2cc(N=Nc3ccc(N=Nc4ccc(N(CC)CC)cc4)cc3F)ccc2s1. The van der Waals surface area contributed by atoms with Gasteiger partial charge in [0.1, 0.15) is 5.69 Å². The lowest BCUT2D eigenvalue weighted by molar-refractivity contribution is 0.628. The van der Waals surface area contributed by atoms with E-state index in [1.54, 1.807) is 23.5 Å². The van der Waals surface area contributed by atoms with Crippen LogP contribution in [0.2, 0.25) is 0 Å². The van der Waals surface area contributed by atoms with Gasteiger partial charge in [-0.25, -0.2) is 9.37 Å². The number of unbranched alkanes of at least 4 members (excludes halogenated alkanes) is 1. The Morgan fingerprint density at radius 3 is 2.17 bits per heavy atom. The first-order valence-corrected chi connectivity index (χ1v) is 12.8. The number of halogens is 1. The molecule has 6 nitrogen and oxygen atoms in total. The van der Waals surface area contributed by atoms with Crippen molar-refractivity contribution in [1.29, 1.82) is 0 Å². The lowest BCUT2D eigenvalue weighted by atomic mass is 10.2. The molecule has 0 atom stereocenters. The first-order valence-electron chi connectivity index (χ1n) is 12.0. The molecule has 4 rings (SSSR count). The van der Waals surface area contributed by atoms with Gasteiger partial charge in [-0.1, -0.05) is 13.3 Å². The van der Waals surface area contributed by atoms with Crippen LogP contribution in [0.5, 0.6) is 0 Å². The molecule has 0 aliphatic rings. The molecule has 0 saturated heterocycles. The van der Waals surface area contributed by atoms with Crippen molar-refractivity contribution in [1.82, 2.24) is 4.98 Å². The fraction of sp³-hybridized carbons (Fsp3) is 0.296. The highest BCUT2D eigenvalue weighted by Crippen LogP contribution is 2.30. The van der Waals surface area contributed by atoms with Gasteiger partial charge >= 0.3 is 0 Å². The number of rotatable bonds is 10. The summed E-state index contributed by atoms with van der Waals surface area (Å²) in [5.74, 6) is -0.501. The number of hydrogen-bond acceptors (Lipinski definition) is 7. The molecule has 0 amide bonds. The molecule has 4 aromatic rings. The summed E-state index contributed by atoms with van der Waals surface area (Å²) in [7, 11) is 0. The van der Waals surface area contributed by atoms with Crippen LogP contribution in [0.15, 0.2) is 81.1 Å². The minimum atomic E-state index is -0.501. The van der Waals surface area contributed by atoms with E-state index in [-0.39, 0.29) is 5.69 Å². The largest absolute Gasteiger partial charge is 0.372 e. The molecule has 0 aliphatic carbocycles. The maximum atomic E-state index is 14.6. The third kappa shape index (κ3) is 6.33. The molecule has 0 aliphatic heterocycles. The molecule has 0 N–H and O–H groups in total. The number of hydrogen-bond donors (Lipinski definition) is 0. The van der Waals surface area contributed by atoms with Crippen LogP contribution in [0.1, 0.15) is 38.6 Å². The molecule has 0 spiro atoms. The van der Waals surface area contributed by atoms with E-state index in [2.05, 4.69) is 51.1 Å². The highest BCUT2D eigenvalue weighted by Gasteiger charge is 2.06. The van der Waals surface area contributed by atoms with Gasteiger partial charge in [-0.2, -0.15) is 15.3 Å². The third-order valence-electron chi connectivity index (χ3n) is 5.62. The van der Waals surface area contributed by atoms with Crippen LogP contribution >= 0.6 is 11.3 Å². The predicted octanol–water partition coefficient (Wildman–Crippen LogP) is 9.45. The molecule has 35 heavy (non-hydrogen) atoms. The number of aryl methyl sites for hydroxylation is 1. The van der Waals surface area contributed by atoms with Crippen molar-refractivity contribution >= 4 is 50.0 Å². The van der Waals surface area contributed by atoms with Gasteiger partial charge in [-0.15, -0.1) is 16.5 Å². The Labute approximate surface area is 209 Å². The molecular formula is C27H29FN6S. The second-order valence-corrected chi connectivity index (χ2v) is 9.20. The average molecular weight is 489 g/mol. The minimum Gasteiger partial charge on any atom is -0.372 e. The van der Waals surface area contributed by atoms with Crippen LogP contribution in [0.4, 0.5) is 32.8 Å². The Morgan fingerprint density at radius 1 is 0.800 bits per heavy atom. The van der Waals surface area contributed by atoms with Crippen molar-refractivity contribution in [3.63, 3.8) is 0 Å².